The molecule has 0 aliphatic rings. The van der Waals surface area contributed by atoms with Gasteiger partial charge in [-0.2, -0.15) is 0 Å². The highest BCUT2D eigenvalue weighted by Crippen LogP contribution is 2.34. The van der Waals surface area contributed by atoms with Crippen LogP contribution in [0.1, 0.15) is 41.0 Å². The first kappa shape index (κ1) is 31.1. The highest BCUT2D eigenvalue weighted by molar-refractivity contribution is 7.90. The molecule has 44 heavy (non-hydrogen) atoms. The van der Waals surface area contributed by atoms with Crippen molar-refractivity contribution in [2.45, 2.75) is 19.3 Å². The van der Waals surface area contributed by atoms with Gasteiger partial charge in [0.05, 0.1) is 22.5 Å². The van der Waals surface area contributed by atoms with E-state index in [4.69, 9.17) is 27.9 Å². The maximum Gasteiger partial charge on any atom is 0.337 e. The van der Waals surface area contributed by atoms with Crippen LogP contribution >= 0.6 is 23.2 Å². The molecule has 1 unspecified atom stereocenters. The van der Waals surface area contributed by atoms with Crippen LogP contribution < -0.4 is 10.1 Å². The second-order valence-electron chi connectivity index (χ2n) is 10.3. The van der Waals surface area contributed by atoms with Gasteiger partial charge in [-0.3, -0.25) is 0 Å². The number of aromatic amines is 1. The quantitative estimate of drug-likeness (QED) is 0.131. The van der Waals surface area contributed by atoms with Gasteiger partial charge in [0.2, 0.25) is 0 Å². The van der Waals surface area contributed by atoms with Crippen LogP contribution in [0.15, 0.2) is 91.1 Å². The fraction of sp³-hybridized carbons (Fsp3) is 0.152. The van der Waals surface area contributed by atoms with Gasteiger partial charge in [-0.1, -0.05) is 66.5 Å². The molecule has 0 aliphatic carbocycles. The Morgan fingerprint density at radius 2 is 1.61 bits per heavy atom. The van der Waals surface area contributed by atoms with Crippen LogP contribution in [-0.4, -0.2) is 41.6 Å². The van der Waals surface area contributed by atoms with E-state index >= 15 is 0 Å². The molecule has 0 saturated carbocycles. The Hall–Kier alpha value is -4.31. The third-order valence-corrected chi connectivity index (χ3v) is 8.25. The molecule has 3 N–H and O–H groups in total. The molecule has 1 atom stereocenters. The maximum atomic E-state index is 11.7. The minimum absolute atomic E-state index is 0.0725. The Kier molecular flexibility index (Phi) is 9.29. The van der Waals surface area contributed by atoms with Crippen LogP contribution in [-0.2, 0) is 9.84 Å². The third kappa shape index (κ3) is 7.42. The molecule has 0 amide bonds. The molecule has 11 heteroatoms. The number of nitrogens with one attached hydrogen (secondary N) is 2. The summed E-state index contributed by atoms with van der Waals surface area (Å²) in [6.45, 7) is 2.12. The van der Waals surface area contributed by atoms with E-state index in [-0.39, 0.29) is 23.0 Å². The molecule has 0 fully saturated rings. The predicted molar refractivity (Wildman–Crippen MR) is 175 cm³/mol. The number of halogens is 2. The van der Waals surface area contributed by atoms with Crippen LogP contribution in [0.5, 0.6) is 11.5 Å². The molecule has 1 heterocycles. The average molecular weight is 651 g/mol. The number of rotatable bonds is 11. The number of imidazole rings is 1. The summed E-state index contributed by atoms with van der Waals surface area (Å²) in [5, 5.41) is 13.4. The normalized spacial score (nSPS) is 12.1. The lowest BCUT2D eigenvalue weighted by molar-refractivity contribution is 0.0697. The van der Waals surface area contributed by atoms with Gasteiger partial charge >= 0.3 is 5.97 Å². The second-order valence-corrected chi connectivity index (χ2v) is 13.3. The summed E-state index contributed by atoms with van der Waals surface area (Å²) in [7, 11) is -3.33. The molecule has 4 aromatic carbocycles. The van der Waals surface area contributed by atoms with E-state index in [2.05, 4.69) is 46.5 Å². The SMILES string of the molecule is CCC(c1ccc(-c2ccc(Oc3ccc(NCS(C)(=O)=O)c(C(=O)O)c3)cc2)cc1)c1ncc(-c2ccc(Cl)cc2Cl)[nH]1. The number of hydrogen-bond acceptors (Lipinski definition) is 6. The van der Waals surface area contributed by atoms with Crippen LogP contribution in [0.3, 0.4) is 0 Å². The zero-order chi connectivity index (χ0) is 31.4. The van der Waals surface area contributed by atoms with Crippen LogP contribution in [0.25, 0.3) is 22.4 Å². The lowest BCUT2D eigenvalue weighted by Gasteiger charge is -2.14. The van der Waals surface area contributed by atoms with Gasteiger partial charge in [-0.05, 0) is 71.6 Å². The molecule has 0 aliphatic heterocycles. The number of H-pyrrole nitrogens is 1. The summed E-state index contributed by atoms with van der Waals surface area (Å²) < 4.78 is 28.8. The van der Waals surface area contributed by atoms with E-state index < -0.39 is 15.8 Å². The Balaban J connectivity index is 1.28. The predicted octanol–water partition coefficient (Wildman–Crippen LogP) is 8.50. The zero-order valence-electron chi connectivity index (χ0n) is 23.8. The van der Waals surface area contributed by atoms with E-state index in [0.717, 1.165) is 46.4 Å². The lowest BCUT2D eigenvalue weighted by Crippen LogP contribution is -2.14. The first-order valence-electron chi connectivity index (χ1n) is 13.7. The Morgan fingerprint density at radius 1 is 0.955 bits per heavy atom. The Morgan fingerprint density at radius 3 is 2.23 bits per heavy atom. The number of carboxylic acid groups (broad SMARTS) is 1. The number of aromatic nitrogens is 2. The van der Waals surface area contributed by atoms with Crippen molar-refractivity contribution in [2.75, 3.05) is 17.4 Å². The molecule has 0 radical (unpaired) electrons. The van der Waals surface area contributed by atoms with Gasteiger partial charge in [0.1, 0.15) is 23.2 Å². The molecular formula is C33H29Cl2N3O5S. The monoisotopic (exact) mass is 649 g/mol. The Bertz CT molecular complexity index is 1910. The van der Waals surface area contributed by atoms with Gasteiger partial charge in [-0.15, -0.1) is 0 Å². The first-order chi connectivity index (χ1) is 21.0. The standard InChI is InChI=1S/C33H29Cl2N3O5S/c1-3-26(32-36-18-31(38-32)27-14-10-23(34)16-29(27)35)22-6-4-20(5-7-22)21-8-11-24(12-9-21)43-25-13-15-30(28(17-25)33(39)40)37-19-44(2,41)42/h4-18,26,37H,3,19H2,1-2H3,(H,36,38)(H,39,40). The molecule has 0 bridgehead atoms. The fourth-order valence-electron chi connectivity index (χ4n) is 4.83. The number of benzene rings is 4. The minimum Gasteiger partial charge on any atom is -0.478 e. The van der Waals surface area contributed by atoms with Gasteiger partial charge < -0.3 is 20.1 Å². The van der Waals surface area contributed by atoms with Crippen LogP contribution in [0, 0.1) is 0 Å². The van der Waals surface area contributed by atoms with Crippen molar-refractivity contribution >= 4 is 44.7 Å². The van der Waals surface area contributed by atoms with Crippen molar-refractivity contribution in [3.05, 3.63) is 118 Å². The topological polar surface area (TPSA) is 121 Å². The van der Waals surface area contributed by atoms with Crippen LogP contribution in [0.4, 0.5) is 5.69 Å². The van der Waals surface area contributed by atoms with E-state index in [1.54, 1.807) is 36.5 Å². The third-order valence-electron chi connectivity index (χ3n) is 7.04. The van der Waals surface area contributed by atoms with Crippen molar-refractivity contribution < 1.29 is 23.1 Å². The summed E-state index contributed by atoms with van der Waals surface area (Å²) in [6.07, 6.45) is 3.71. The highest BCUT2D eigenvalue weighted by Gasteiger charge is 2.18. The first-order valence-corrected chi connectivity index (χ1v) is 16.5. The summed E-state index contributed by atoms with van der Waals surface area (Å²) in [6, 6.07) is 25.6. The molecule has 0 saturated heterocycles. The number of sulfone groups is 1. The molecule has 8 nitrogen and oxygen atoms in total. The smallest absolute Gasteiger partial charge is 0.337 e. The van der Waals surface area contributed by atoms with E-state index in [0.29, 0.717) is 21.5 Å². The number of hydrogen-bond donors (Lipinski definition) is 3. The van der Waals surface area contributed by atoms with E-state index in [1.165, 1.54) is 12.1 Å². The van der Waals surface area contributed by atoms with Crippen LogP contribution in [0.2, 0.25) is 10.0 Å². The van der Waals surface area contributed by atoms with Crippen molar-refractivity contribution in [1.29, 1.82) is 0 Å². The molecule has 5 rings (SSSR count). The summed E-state index contributed by atoms with van der Waals surface area (Å²) in [4.78, 5) is 19.8. The summed E-state index contributed by atoms with van der Waals surface area (Å²) >= 11 is 12.4. The number of aromatic carboxylic acids is 1. The lowest BCUT2D eigenvalue weighted by atomic mass is 9.93. The number of ether oxygens (including phenoxy) is 1. The number of carbonyl (C=O) groups is 1. The van der Waals surface area contributed by atoms with Gasteiger partial charge in [0, 0.05) is 28.4 Å². The maximum absolute atomic E-state index is 11.7. The van der Waals surface area contributed by atoms with Crippen molar-refractivity contribution in [1.82, 2.24) is 9.97 Å². The summed E-state index contributed by atoms with van der Waals surface area (Å²) in [5.74, 6) is 0.192. The molecule has 0 spiro atoms. The van der Waals surface area contributed by atoms with Gasteiger partial charge in [-0.25, -0.2) is 18.2 Å². The van der Waals surface area contributed by atoms with E-state index in [1.807, 2.05) is 18.2 Å². The van der Waals surface area contributed by atoms with Crippen molar-refractivity contribution in [2.24, 2.45) is 0 Å². The van der Waals surface area contributed by atoms with Crippen molar-refractivity contribution in [3.8, 4) is 33.9 Å². The molecular weight excluding hydrogens is 621 g/mol. The van der Waals surface area contributed by atoms with Crippen molar-refractivity contribution in [3.63, 3.8) is 0 Å². The zero-order valence-corrected chi connectivity index (χ0v) is 26.2. The van der Waals surface area contributed by atoms with Gasteiger partial charge in [0.25, 0.3) is 0 Å². The molecule has 226 valence electrons. The largest absolute Gasteiger partial charge is 0.478 e. The highest BCUT2D eigenvalue weighted by atomic mass is 35.5. The average Bonchev–Trinajstić information content (AvgIpc) is 3.46. The van der Waals surface area contributed by atoms with E-state index in [9.17, 15) is 18.3 Å². The molecule has 5 aromatic rings. The second kappa shape index (κ2) is 13.1. The summed E-state index contributed by atoms with van der Waals surface area (Å²) in [5.41, 5.74) is 4.92. The number of anilines is 1. The molecule has 1 aromatic heterocycles. The number of carboxylic acids is 1. The Labute approximate surface area is 265 Å². The van der Waals surface area contributed by atoms with Gasteiger partial charge in [0.15, 0.2) is 9.84 Å². The number of nitrogens with zero attached hydrogens (tertiary/aromatic N) is 1. The fourth-order valence-corrected chi connectivity index (χ4v) is 5.76. The minimum atomic E-state index is -3.33.